The first-order valence-corrected chi connectivity index (χ1v) is 16.7. The minimum absolute atomic E-state index is 0.0000226. The highest BCUT2D eigenvalue weighted by Gasteiger charge is 2.46. The van der Waals surface area contributed by atoms with Gasteiger partial charge in [-0.2, -0.15) is 0 Å². The van der Waals surface area contributed by atoms with Crippen LogP contribution in [-0.4, -0.2) is 108 Å². The minimum Gasteiger partial charge on any atom is -0.465 e. The Balaban J connectivity index is 1.77. The van der Waals surface area contributed by atoms with Crippen LogP contribution in [0.1, 0.15) is 58.4 Å². The van der Waals surface area contributed by atoms with E-state index in [9.17, 15) is 42.3 Å². The SMILES string of the molecule is CC(C)(C)OC(=O)N[C@H]1CN(C(=O)O)CC[C@H]2CC[C@@H](C(=O)NC(CCC(N)=O)C(=O)NCc3ccc(S(C)(=O)=O)cc3)N2C1=O. The van der Waals surface area contributed by atoms with Crippen molar-refractivity contribution in [1.82, 2.24) is 25.8 Å². The van der Waals surface area contributed by atoms with Crippen LogP contribution in [-0.2, 0) is 40.3 Å². The summed E-state index contributed by atoms with van der Waals surface area (Å²) in [7, 11) is -3.40. The zero-order chi connectivity index (χ0) is 34.4. The molecule has 46 heavy (non-hydrogen) atoms. The molecule has 0 aliphatic carbocycles. The van der Waals surface area contributed by atoms with Crippen LogP contribution in [0.5, 0.6) is 0 Å². The lowest BCUT2D eigenvalue weighted by Gasteiger charge is -2.38. The van der Waals surface area contributed by atoms with Crippen LogP contribution in [0, 0.1) is 0 Å². The minimum atomic E-state index is -3.40. The molecule has 2 aliphatic rings. The average molecular weight is 667 g/mol. The van der Waals surface area contributed by atoms with Crippen LogP contribution in [0.25, 0.3) is 0 Å². The lowest BCUT2D eigenvalue weighted by molar-refractivity contribution is -0.144. The van der Waals surface area contributed by atoms with E-state index in [2.05, 4.69) is 16.0 Å². The summed E-state index contributed by atoms with van der Waals surface area (Å²) in [6.45, 7) is 4.59. The van der Waals surface area contributed by atoms with Crippen molar-refractivity contribution in [1.29, 1.82) is 0 Å². The Labute approximate surface area is 267 Å². The number of carboxylic acid groups (broad SMARTS) is 1. The highest BCUT2D eigenvalue weighted by molar-refractivity contribution is 7.90. The number of hydrogen-bond acceptors (Lipinski definition) is 9. The van der Waals surface area contributed by atoms with Crippen molar-refractivity contribution < 1.29 is 47.0 Å². The Hall–Kier alpha value is -4.41. The van der Waals surface area contributed by atoms with Crippen LogP contribution >= 0.6 is 0 Å². The number of amides is 6. The molecule has 0 spiro atoms. The number of ether oxygens (including phenoxy) is 1. The molecule has 4 atom stereocenters. The first-order chi connectivity index (χ1) is 21.4. The number of rotatable bonds is 10. The van der Waals surface area contributed by atoms with E-state index in [1.807, 2.05) is 0 Å². The molecule has 2 aliphatic heterocycles. The number of carbonyl (C=O) groups is 6. The van der Waals surface area contributed by atoms with Gasteiger partial charge in [0.25, 0.3) is 0 Å². The van der Waals surface area contributed by atoms with Gasteiger partial charge in [-0.3, -0.25) is 19.2 Å². The second kappa shape index (κ2) is 14.8. The fourth-order valence-corrected chi connectivity index (χ4v) is 5.98. The number of benzene rings is 1. The lowest BCUT2D eigenvalue weighted by atomic mass is 10.1. The van der Waals surface area contributed by atoms with Crippen molar-refractivity contribution in [3.8, 4) is 0 Å². The Morgan fingerprint density at radius 2 is 1.74 bits per heavy atom. The third-order valence-corrected chi connectivity index (χ3v) is 8.71. The van der Waals surface area contributed by atoms with E-state index < -0.39 is 75.4 Å². The second-order valence-electron chi connectivity index (χ2n) is 12.4. The van der Waals surface area contributed by atoms with Crippen molar-refractivity contribution >= 4 is 45.7 Å². The van der Waals surface area contributed by atoms with Crippen LogP contribution in [0.15, 0.2) is 29.2 Å². The number of nitrogens with two attached hydrogens (primary N) is 1. The number of nitrogens with zero attached hydrogens (tertiary/aromatic N) is 2. The van der Waals surface area contributed by atoms with Gasteiger partial charge in [-0.05, 0) is 64.2 Å². The molecular weight excluding hydrogens is 624 g/mol. The summed E-state index contributed by atoms with van der Waals surface area (Å²) < 4.78 is 28.7. The van der Waals surface area contributed by atoms with Gasteiger partial charge in [0, 0.05) is 31.8 Å². The average Bonchev–Trinajstić information content (AvgIpc) is 3.36. The Kier molecular flexibility index (Phi) is 11.6. The first-order valence-electron chi connectivity index (χ1n) is 14.8. The summed E-state index contributed by atoms with van der Waals surface area (Å²) in [6.07, 6.45) is -0.619. The number of hydrogen-bond donors (Lipinski definition) is 5. The first kappa shape index (κ1) is 36.1. The summed E-state index contributed by atoms with van der Waals surface area (Å²) in [6, 6.07) is 1.79. The predicted octanol–water partition coefficient (Wildman–Crippen LogP) is 0.0932. The smallest absolute Gasteiger partial charge is 0.408 e. The Morgan fingerprint density at radius 1 is 1.09 bits per heavy atom. The van der Waals surface area contributed by atoms with E-state index in [4.69, 9.17) is 10.5 Å². The van der Waals surface area contributed by atoms with E-state index in [1.54, 1.807) is 20.8 Å². The zero-order valence-corrected chi connectivity index (χ0v) is 27.1. The number of alkyl carbamates (subject to hydrolysis) is 1. The van der Waals surface area contributed by atoms with Crippen molar-refractivity contribution in [3.63, 3.8) is 0 Å². The summed E-state index contributed by atoms with van der Waals surface area (Å²) in [4.78, 5) is 79.0. The third kappa shape index (κ3) is 10.1. The maximum atomic E-state index is 13.8. The van der Waals surface area contributed by atoms with E-state index in [-0.39, 0.29) is 50.2 Å². The van der Waals surface area contributed by atoms with E-state index >= 15 is 0 Å². The maximum absolute atomic E-state index is 13.8. The summed E-state index contributed by atoms with van der Waals surface area (Å²) in [5, 5.41) is 17.4. The van der Waals surface area contributed by atoms with Crippen molar-refractivity contribution in [3.05, 3.63) is 29.8 Å². The molecule has 17 heteroatoms. The number of primary amides is 1. The highest BCUT2D eigenvalue weighted by atomic mass is 32.2. The monoisotopic (exact) mass is 666 g/mol. The Bertz CT molecular complexity index is 1440. The molecule has 0 saturated carbocycles. The standard InChI is InChI=1S/C29H42N6O10S/c1-29(2,3)45-27(40)33-21-16-34(28(41)42)14-13-18-7-11-22(35(18)26(21)39)25(38)32-20(10-12-23(30)36)24(37)31-15-17-5-8-19(9-6-17)46(4,43)44/h5-6,8-9,18,20-22H,7,10-16H2,1-4H3,(H2,30,36)(H,31,37)(H,32,38)(H,33,40)(H,41,42)/t18-,20?,21+,22+/m1/s1. The zero-order valence-electron chi connectivity index (χ0n) is 26.3. The van der Waals surface area contributed by atoms with Crippen LogP contribution in [0.2, 0.25) is 0 Å². The lowest BCUT2D eigenvalue weighted by Crippen LogP contribution is -2.62. The predicted molar refractivity (Wildman–Crippen MR) is 163 cm³/mol. The number of nitrogens with one attached hydrogen (secondary N) is 3. The maximum Gasteiger partial charge on any atom is 0.408 e. The number of sulfone groups is 1. The van der Waals surface area contributed by atoms with Gasteiger partial charge >= 0.3 is 12.2 Å². The molecule has 16 nitrogen and oxygen atoms in total. The largest absolute Gasteiger partial charge is 0.465 e. The molecule has 0 bridgehead atoms. The molecule has 1 unspecified atom stereocenters. The van der Waals surface area contributed by atoms with E-state index in [1.165, 1.54) is 29.2 Å². The summed E-state index contributed by atoms with van der Waals surface area (Å²) in [5.74, 6) is -2.65. The molecule has 254 valence electrons. The topological polar surface area (TPSA) is 235 Å². The van der Waals surface area contributed by atoms with Crippen molar-refractivity contribution in [2.45, 2.75) is 94.1 Å². The molecular formula is C29H42N6O10S. The molecule has 2 heterocycles. The van der Waals surface area contributed by atoms with Gasteiger partial charge in [0.2, 0.25) is 23.6 Å². The molecule has 6 amide bonds. The molecule has 0 aromatic heterocycles. The number of fused-ring (bicyclic) bond motifs is 1. The van der Waals surface area contributed by atoms with E-state index in [0.29, 0.717) is 12.0 Å². The van der Waals surface area contributed by atoms with Crippen LogP contribution < -0.4 is 21.7 Å². The third-order valence-electron chi connectivity index (χ3n) is 7.59. The van der Waals surface area contributed by atoms with Gasteiger partial charge in [-0.15, -0.1) is 0 Å². The fraction of sp³-hybridized carbons (Fsp3) is 0.586. The fourth-order valence-electron chi connectivity index (χ4n) is 5.35. The molecule has 0 radical (unpaired) electrons. The quantitative estimate of drug-likeness (QED) is 0.226. The molecule has 6 N–H and O–H groups in total. The van der Waals surface area contributed by atoms with Crippen molar-refractivity contribution in [2.24, 2.45) is 5.73 Å². The van der Waals surface area contributed by atoms with Crippen molar-refractivity contribution in [2.75, 3.05) is 19.3 Å². The van der Waals surface area contributed by atoms with E-state index in [0.717, 1.165) is 11.2 Å². The summed E-state index contributed by atoms with van der Waals surface area (Å²) in [5.41, 5.74) is 4.99. The molecule has 2 fully saturated rings. The molecule has 1 aromatic carbocycles. The van der Waals surface area contributed by atoms with Crippen LogP contribution in [0.3, 0.4) is 0 Å². The number of carbonyl (C=O) groups excluding carboxylic acids is 5. The van der Waals surface area contributed by atoms with Crippen LogP contribution in [0.4, 0.5) is 9.59 Å². The molecule has 2 saturated heterocycles. The molecule has 1 aromatic rings. The van der Waals surface area contributed by atoms with Gasteiger partial charge in [0.1, 0.15) is 23.7 Å². The second-order valence-corrected chi connectivity index (χ2v) is 14.4. The Morgan fingerprint density at radius 3 is 2.30 bits per heavy atom. The molecule has 3 rings (SSSR count). The normalized spacial score (nSPS) is 20.9. The van der Waals surface area contributed by atoms with Gasteiger partial charge in [-0.25, -0.2) is 18.0 Å². The van der Waals surface area contributed by atoms with Gasteiger partial charge in [0.15, 0.2) is 9.84 Å². The highest BCUT2D eigenvalue weighted by Crippen LogP contribution is 2.30. The van der Waals surface area contributed by atoms with Gasteiger partial charge < -0.3 is 41.3 Å². The summed E-state index contributed by atoms with van der Waals surface area (Å²) >= 11 is 0. The van der Waals surface area contributed by atoms with Gasteiger partial charge in [-0.1, -0.05) is 12.1 Å². The van der Waals surface area contributed by atoms with Gasteiger partial charge in [0.05, 0.1) is 11.4 Å².